The van der Waals surface area contributed by atoms with E-state index in [1.807, 2.05) is 44.2 Å². The monoisotopic (exact) mass is 374 g/mol. The van der Waals surface area contributed by atoms with E-state index in [2.05, 4.69) is 31.2 Å². The van der Waals surface area contributed by atoms with Crippen molar-refractivity contribution in [3.8, 4) is 28.3 Å². The number of esters is 1. The molecule has 1 aromatic heterocycles. The maximum atomic E-state index is 12.4. The average molecular weight is 374 g/mol. The smallest absolute Gasteiger partial charge is 0.355 e. The summed E-state index contributed by atoms with van der Waals surface area (Å²) in [6, 6.07) is 18.4. The van der Waals surface area contributed by atoms with Gasteiger partial charge >= 0.3 is 5.97 Å². The number of carbonyl (C=O) groups is 1. The largest absolute Gasteiger partial charge is 0.461 e. The number of ether oxygens (including phenoxy) is 1. The topological polar surface area (TPSA) is 55.0 Å². The predicted molar refractivity (Wildman–Crippen MR) is 113 cm³/mol. The SMILES string of the molecule is CC.CCOC(=O)c1c(-c2ccc(-c3cccc(C)c3)cc2)c(C#N)cn1C. The molecule has 0 N–H and O–H groups in total. The highest BCUT2D eigenvalue weighted by atomic mass is 16.5. The van der Waals surface area contributed by atoms with E-state index in [1.165, 1.54) is 5.56 Å². The van der Waals surface area contributed by atoms with E-state index in [9.17, 15) is 10.1 Å². The third-order valence-corrected chi connectivity index (χ3v) is 4.30. The van der Waals surface area contributed by atoms with Crippen molar-refractivity contribution in [2.24, 2.45) is 7.05 Å². The molecule has 28 heavy (non-hydrogen) atoms. The Morgan fingerprint density at radius 1 is 1.07 bits per heavy atom. The number of rotatable bonds is 4. The Balaban J connectivity index is 0.00000136. The standard InChI is InChI=1S/C22H20N2O2.C2H6/c1-4-26-22(25)21-20(19(13-23)14-24(21)3)17-10-8-16(9-11-17)18-7-5-6-15(2)12-18;1-2/h5-12,14H,4H2,1-3H3;1-2H3. The van der Waals surface area contributed by atoms with Crippen molar-refractivity contribution in [3.05, 3.63) is 71.5 Å². The quantitative estimate of drug-likeness (QED) is 0.547. The van der Waals surface area contributed by atoms with Crippen molar-refractivity contribution in [1.29, 1.82) is 5.26 Å². The Morgan fingerprint density at radius 2 is 1.71 bits per heavy atom. The van der Waals surface area contributed by atoms with Gasteiger partial charge in [0.15, 0.2) is 0 Å². The molecule has 2 aromatic carbocycles. The number of carbonyl (C=O) groups excluding carboxylic acids is 1. The Kier molecular flexibility index (Phi) is 7.17. The third-order valence-electron chi connectivity index (χ3n) is 4.30. The number of nitrogens with zero attached hydrogens (tertiary/aromatic N) is 2. The number of aryl methyl sites for hydroxylation is 2. The van der Waals surface area contributed by atoms with Crippen LogP contribution >= 0.6 is 0 Å². The third kappa shape index (κ3) is 4.32. The fourth-order valence-electron chi connectivity index (χ4n) is 3.10. The maximum absolute atomic E-state index is 12.4. The van der Waals surface area contributed by atoms with E-state index < -0.39 is 5.97 Å². The first-order valence-corrected chi connectivity index (χ1v) is 9.49. The molecular formula is C24H26N2O2. The van der Waals surface area contributed by atoms with E-state index >= 15 is 0 Å². The molecule has 0 aliphatic rings. The van der Waals surface area contributed by atoms with Crippen LogP contribution in [0, 0.1) is 18.3 Å². The summed E-state index contributed by atoms with van der Waals surface area (Å²) in [6.45, 7) is 8.12. The summed E-state index contributed by atoms with van der Waals surface area (Å²) >= 11 is 0. The van der Waals surface area contributed by atoms with Crippen LogP contribution in [-0.4, -0.2) is 17.1 Å². The van der Waals surface area contributed by atoms with Gasteiger partial charge in [0.05, 0.1) is 12.2 Å². The number of hydrogen-bond donors (Lipinski definition) is 0. The first-order valence-electron chi connectivity index (χ1n) is 9.49. The zero-order chi connectivity index (χ0) is 20.7. The molecule has 0 spiro atoms. The predicted octanol–water partition coefficient (Wildman–Crippen LogP) is 5.74. The molecule has 144 valence electrons. The normalized spacial score (nSPS) is 9.86. The maximum Gasteiger partial charge on any atom is 0.355 e. The molecule has 0 aliphatic heterocycles. The van der Waals surface area contributed by atoms with Crippen molar-refractivity contribution in [2.75, 3.05) is 6.61 Å². The molecular weight excluding hydrogens is 348 g/mol. The molecule has 0 unspecified atom stereocenters. The lowest BCUT2D eigenvalue weighted by Crippen LogP contribution is -2.10. The molecule has 0 amide bonds. The van der Waals surface area contributed by atoms with Crippen LogP contribution in [-0.2, 0) is 11.8 Å². The first kappa shape index (κ1) is 21.0. The number of aromatic nitrogens is 1. The summed E-state index contributed by atoms with van der Waals surface area (Å²) in [5.41, 5.74) is 5.71. The van der Waals surface area contributed by atoms with Crippen LogP contribution in [0.2, 0.25) is 0 Å². The van der Waals surface area contributed by atoms with E-state index in [0.717, 1.165) is 16.7 Å². The first-order chi connectivity index (χ1) is 13.5. The molecule has 0 bridgehead atoms. The fraction of sp³-hybridized carbons (Fsp3) is 0.250. The lowest BCUT2D eigenvalue weighted by atomic mass is 9.97. The van der Waals surface area contributed by atoms with Crippen LogP contribution in [0.25, 0.3) is 22.3 Å². The van der Waals surface area contributed by atoms with E-state index in [1.54, 1.807) is 24.7 Å². The number of hydrogen-bond acceptors (Lipinski definition) is 3. The Labute approximate surface area is 167 Å². The van der Waals surface area contributed by atoms with Gasteiger partial charge in [0.2, 0.25) is 0 Å². The lowest BCUT2D eigenvalue weighted by molar-refractivity contribution is 0.0516. The van der Waals surface area contributed by atoms with Crippen molar-refractivity contribution in [2.45, 2.75) is 27.7 Å². The molecule has 3 aromatic rings. The van der Waals surface area contributed by atoms with E-state index in [0.29, 0.717) is 16.8 Å². The number of benzene rings is 2. The zero-order valence-corrected chi connectivity index (χ0v) is 17.1. The van der Waals surface area contributed by atoms with Gasteiger partial charge in [-0.1, -0.05) is 67.9 Å². The Bertz CT molecular complexity index is 992. The van der Waals surface area contributed by atoms with Crippen molar-refractivity contribution in [3.63, 3.8) is 0 Å². The second-order valence-corrected chi connectivity index (χ2v) is 6.16. The van der Waals surface area contributed by atoms with Gasteiger partial charge in [-0.05, 0) is 30.5 Å². The van der Waals surface area contributed by atoms with Gasteiger partial charge in [-0.25, -0.2) is 4.79 Å². The minimum Gasteiger partial charge on any atom is -0.461 e. The summed E-state index contributed by atoms with van der Waals surface area (Å²) in [7, 11) is 1.75. The van der Waals surface area contributed by atoms with Gasteiger partial charge in [-0.15, -0.1) is 0 Å². The van der Waals surface area contributed by atoms with Crippen LogP contribution in [0.1, 0.15) is 42.4 Å². The lowest BCUT2D eigenvalue weighted by Gasteiger charge is -2.09. The minimum absolute atomic E-state index is 0.289. The molecule has 4 heteroatoms. The molecule has 0 fully saturated rings. The van der Waals surface area contributed by atoms with Gasteiger partial charge in [0, 0.05) is 18.8 Å². The fourth-order valence-corrected chi connectivity index (χ4v) is 3.10. The second kappa shape index (κ2) is 9.57. The zero-order valence-electron chi connectivity index (χ0n) is 17.1. The van der Waals surface area contributed by atoms with Gasteiger partial charge < -0.3 is 9.30 Å². The highest BCUT2D eigenvalue weighted by molar-refractivity contribution is 5.98. The van der Waals surface area contributed by atoms with Crippen LogP contribution in [0.3, 0.4) is 0 Å². The summed E-state index contributed by atoms with van der Waals surface area (Å²) in [5, 5.41) is 9.48. The average Bonchev–Trinajstić information content (AvgIpc) is 3.06. The molecule has 0 aliphatic carbocycles. The summed E-state index contributed by atoms with van der Waals surface area (Å²) in [6.07, 6.45) is 1.66. The summed E-state index contributed by atoms with van der Waals surface area (Å²) in [4.78, 5) is 12.4. The van der Waals surface area contributed by atoms with Crippen LogP contribution in [0.15, 0.2) is 54.7 Å². The molecule has 0 radical (unpaired) electrons. The number of nitriles is 1. The Morgan fingerprint density at radius 3 is 2.29 bits per heavy atom. The second-order valence-electron chi connectivity index (χ2n) is 6.16. The highest BCUT2D eigenvalue weighted by Gasteiger charge is 2.22. The van der Waals surface area contributed by atoms with Crippen LogP contribution in [0.5, 0.6) is 0 Å². The van der Waals surface area contributed by atoms with Crippen LogP contribution < -0.4 is 0 Å². The molecule has 3 rings (SSSR count). The van der Waals surface area contributed by atoms with E-state index in [4.69, 9.17) is 4.74 Å². The highest BCUT2D eigenvalue weighted by Crippen LogP contribution is 2.31. The summed E-state index contributed by atoms with van der Waals surface area (Å²) in [5.74, 6) is -0.422. The van der Waals surface area contributed by atoms with Crippen LogP contribution in [0.4, 0.5) is 0 Å². The molecule has 0 atom stereocenters. The van der Waals surface area contributed by atoms with Gasteiger partial charge in [0.25, 0.3) is 0 Å². The van der Waals surface area contributed by atoms with Crippen molar-refractivity contribution < 1.29 is 9.53 Å². The van der Waals surface area contributed by atoms with Gasteiger partial charge in [-0.3, -0.25) is 0 Å². The molecule has 0 saturated carbocycles. The van der Waals surface area contributed by atoms with Gasteiger partial charge in [-0.2, -0.15) is 5.26 Å². The van der Waals surface area contributed by atoms with E-state index in [-0.39, 0.29) is 6.61 Å². The van der Waals surface area contributed by atoms with Crippen molar-refractivity contribution in [1.82, 2.24) is 4.57 Å². The minimum atomic E-state index is -0.422. The molecule has 1 heterocycles. The van der Waals surface area contributed by atoms with Crippen molar-refractivity contribution >= 4 is 5.97 Å². The molecule has 4 nitrogen and oxygen atoms in total. The Hall–Kier alpha value is -3.32. The van der Waals surface area contributed by atoms with Gasteiger partial charge in [0.1, 0.15) is 11.8 Å². The molecule has 0 saturated heterocycles. The summed E-state index contributed by atoms with van der Waals surface area (Å²) < 4.78 is 6.82.